The topological polar surface area (TPSA) is 50.7 Å². The summed E-state index contributed by atoms with van der Waals surface area (Å²) >= 11 is 1.56. The monoisotopic (exact) mass is 380 g/mol. The number of aromatic nitrogens is 3. The van der Waals surface area contributed by atoms with Crippen molar-refractivity contribution in [3.05, 3.63) is 90.6 Å². The second kappa shape index (κ2) is 7.21. The van der Waals surface area contributed by atoms with Crippen molar-refractivity contribution in [1.29, 1.82) is 0 Å². The van der Waals surface area contributed by atoms with Crippen molar-refractivity contribution >= 4 is 33.1 Å². The van der Waals surface area contributed by atoms with Gasteiger partial charge in [-0.3, -0.25) is 0 Å². The van der Waals surface area contributed by atoms with Crippen molar-refractivity contribution in [3.8, 4) is 22.5 Å². The van der Waals surface area contributed by atoms with E-state index in [0.29, 0.717) is 0 Å². The number of nitrogens with one attached hydrogen (secondary N) is 1. The Labute approximate surface area is 166 Å². The maximum Gasteiger partial charge on any atom is 0.188 e. The summed E-state index contributed by atoms with van der Waals surface area (Å²) in [6.07, 6.45) is 1.57. The molecule has 0 atom stereocenters. The van der Waals surface area contributed by atoms with E-state index in [1.165, 1.54) is 10.8 Å². The molecule has 4 nitrogen and oxygen atoms in total. The molecule has 0 fully saturated rings. The van der Waals surface area contributed by atoms with Crippen LogP contribution in [0.25, 0.3) is 33.3 Å². The van der Waals surface area contributed by atoms with Crippen LogP contribution in [0.15, 0.2) is 90.6 Å². The molecule has 1 N–H and O–H groups in total. The third-order valence-corrected chi connectivity index (χ3v) is 5.28. The fraction of sp³-hybridized carbons (Fsp3) is 0. The number of hydrogen-bond acceptors (Lipinski definition) is 5. The third-order valence-electron chi connectivity index (χ3n) is 4.52. The van der Waals surface area contributed by atoms with Crippen LogP contribution in [0, 0.1) is 0 Å². The molecule has 0 aliphatic heterocycles. The van der Waals surface area contributed by atoms with Gasteiger partial charge in [-0.25, -0.2) is 15.0 Å². The van der Waals surface area contributed by atoms with Crippen LogP contribution < -0.4 is 5.32 Å². The summed E-state index contributed by atoms with van der Waals surface area (Å²) in [7, 11) is 0. The third kappa shape index (κ3) is 3.35. The van der Waals surface area contributed by atoms with E-state index in [9.17, 15) is 0 Å². The minimum absolute atomic E-state index is 0.730. The second-order valence-corrected chi connectivity index (χ2v) is 7.24. The van der Waals surface area contributed by atoms with Gasteiger partial charge in [-0.15, -0.1) is 11.3 Å². The fourth-order valence-electron chi connectivity index (χ4n) is 3.11. The van der Waals surface area contributed by atoms with E-state index >= 15 is 0 Å². The Morgan fingerprint density at radius 3 is 2.39 bits per heavy atom. The van der Waals surface area contributed by atoms with Crippen LogP contribution in [0.5, 0.6) is 0 Å². The van der Waals surface area contributed by atoms with E-state index in [1.807, 2.05) is 36.4 Å². The maximum absolute atomic E-state index is 4.73. The molecular weight excluding hydrogens is 364 g/mol. The fourth-order valence-corrected chi connectivity index (χ4v) is 3.84. The maximum atomic E-state index is 4.73. The van der Waals surface area contributed by atoms with Gasteiger partial charge in [0.1, 0.15) is 12.1 Å². The van der Waals surface area contributed by atoms with E-state index in [2.05, 4.69) is 63.1 Å². The molecule has 5 rings (SSSR count). The lowest BCUT2D eigenvalue weighted by atomic mass is 10.1. The van der Waals surface area contributed by atoms with Gasteiger partial charge in [0.25, 0.3) is 0 Å². The molecule has 0 unspecified atom stereocenters. The second-order valence-electron chi connectivity index (χ2n) is 6.38. The number of benzene rings is 3. The number of hydrogen-bond donors (Lipinski definition) is 1. The highest BCUT2D eigenvalue weighted by Gasteiger charge is 2.08. The first kappa shape index (κ1) is 16.6. The highest BCUT2D eigenvalue weighted by atomic mass is 32.1. The van der Waals surface area contributed by atoms with E-state index in [-0.39, 0.29) is 0 Å². The number of nitrogens with zero attached hydrogens (tertiary/aromatic N) is 3. The lowest BCUT2D eigenvalue weighted by Gasteiger charge is -2.04. The van der Waals surface area contributed by atoms with Crippen molar-refractivity contribution in [1.82, 2.24) is 15.0 Å². The van der Waals surface area contributed by atoms with Crippen LogP contribution in [-0.4, -0.2) is 15.0 Å². The van der Waals surface area contributed by atoms with Crippen molar-refractivity contribution < 1.29 is 0 Å². The van der Waals surface area contributed by atoms with Gasteiger partial charge in [-0.1, -0.05) is 66.7 Å². The van der Waals surface area contributed by atoms with Gasteiger partial charge >= 0.3 is 0 Å². The highest BCUT2D eigenvalue weighted by molar-refractivity contribution is 7.14. The van der Waals surface area contributed by atoms with Crippen LogP contribution in [0.4, 0.5) is 10.9 Å². The van der Waals surface area contributed by atoms with E-state index in [1.54, 1.807) is 17.7 Å². The molecule has 134 valence electrons. The highest BCUT2D eigenvalue weighted by Crippen LogP contribution is 2.29. The summed E-state index contributed by atoms with van der Waals surface area (Å²) in [5.41, 5.74) is 4.00. The molecule has 0 radical (unpaired) electrons. The number of thiazole rings is 1. The van der Waals surface area contributed by atoms with Crippen LogP contribution in [-0.2, 0) is 0 Å². The first-order valence-corrected chi connectivity index (χ1v) is 9.82. The van der Waals surface area contributed by atoms with Crippen LogP contribution in [0.2, 0.25) is 0 Å². The molecule has 3 aromatic carbocycles. The number of fused-ring (bicyclic) bond motifs is 1. The first-order chi connectivity index (χ1) is 13.8. The van der Waals surface area contributed by atoms with Gasteiger partial charge < -0.3 is 5.32 Å². The van der Waals surface area contributed by atoms with Gasteiger partial charge in [-0.2, -0.15) is 0 Å². The van der Waals surface area contributed by atoms with Crippen molar-refractivity contribution in [2.24, 2.45) is 0 Å². The zero-order valence-corrected chi connectivity index (χ0v) is 15.7. The molecule has 0 saturated heterocycles. The number of anilines is 2. The molecule has 0 amide bonds. The Balaban J connectivity index is 1.41. The lowest BCUT2D eigenvalue weighted by Crippen LogP contribution is -1.95. The molecule has 0 aliphatic rings. The predicted molar refractivity (Wildman–Crippen MR) is 116 cm³/mol. The Kier molecular flexibility index (Phi) is 4.27. The first-order valence-electron chi connectivity index (χ1n) is 8.94. The van der Waals surface area contributed by atoms with Crippen molar-refractivity contribution in [2.75, 3.05) is 5.32 Å². The van der Waals surface area contributed by atoms with Crippen LogP contribution in [0.1, 0.15) is 0 Å². The van der Waals surface area contributed by atoms with Crippen LogP contribution >= 0.6 is 11.3 Å². The Hall–Kier alpha value is -3.57. The molecule has 5 aromatic rings. The standard InChI is InChI=1S/C23H16N4S/c1-2-7-17(8-3-1)20-13-22(25-15-24-20)27-23-26-21(14-28-23)19-11-10-16-6-4-5-9-18(16)12-19/h1-15H,(H,24,25,26,27). The molecule has 0 bridgehead atoms. The molecule has 28 heavy (non-hydrogen) atoms. The molecule has 2 aromatic heterocycles. The lowest BCUT2D eigenvalue weighted by molar-refractivity contribution is 1.17. The quantitative estimate of drug-likeness (QED) is 0.405. The van der Waals surface area contributed by atoms with Gasteiger partial charge in [0, 0.05) is 22.6 Å². The number of rotatable bonds is 4. The van der Waals surface area contributed by atoms with Gasteiger partial charge in [-0.05, 0) is 16.8 Å². The van der Waals surface area contributed by atoms with Gasteiger partial charge in [0.2, 0.25) is 0 Å². The zero-order chi connectivity index (χ0) is 18.8. The van der Waals surface area contributed by atoms with Crippen LogP contribution in [0.3, 0.4) is 0 Å². The summed E-state index contributed by atoms with van der Waals surface area (Å²) in [5.74, 6) is 0.730. The summed E-state index contributed by atoms with van der Waals surface area (Å²) in [4.78, 5) is 13.4. The summed E-state index contributed by atoms with van der Waals surface area (Å²) < 4.78 is 0. The molecule has 0 saturated carbocycles. The van der Waals surface area contributed by atoms with Gasteiger partial charge in [0.05, 0.1) is 11.4 Å². The normalized spacial score (nSPS) is 10.9. The minimum atomic E-state index is 0.730. The van der Waals surface area contributed by atoms with Gasteiger partial charge in [0.15, 0.2) is 5.13 Å². The summed E-state index contributed by atoms with van der Waals surface area (Å²) in [6, 6.07) is 26.8. The van der Waals surface area contributed by atoms with E-state index < -0.39 is 0 Å². The van der Waals surface area contributed by atoms with Crippen molar-refractivity contribution in [2.45, 2.75) is 0 Å². The SMILES string of the molecule is c1ccc(-c2cc(Nc3nc(-c4ccc5ccccc5c4)cs3)ncn2)cc1. The molecule has 0 spiro atoms. The molecular formula is C23H16N4S. The molecule has 2 heterocycles. The summed E-state index contributed by atoms with van der Waals surface area (Å²) in [6.45, 7) is 0. The zero-order valence-electron chi connectivity index (χ0n) is 14.9. The average molecular weight is 380 g/mol. The van der Waals surface area contributed by atoms with Crippen molar-refractivity contribution in [3.63, 3.8) is 0 Å². The molecule has 5 heteroatoms. The average Bonchev–Trinajstić information content (AvgIpc) is 3.23. The minimum Gasteiger partial charge on any atom is -0.316 e. The Morgan fingerprint density at radius 1 is 0.679 bits per heavy atom. The predicted octanol–water partition coefficient (Wildman–Crippen LogP) is 6.16. The Bertz CT molecular complexity index is 1250. The largest absolute Gasteiger partial charge is 0.316 e. The smallest absolute Gasteiger partial charge is 0.188 e. The van der Waals surface area contributed by atoms with E-state index in [4.69, 9.17) is 4.98 Å². The van der Waals surface area contributed by atoms with E-state index in [0.717, 1.165) is 33.5 Å². The summed E-state index contributed by atoms with van der Waals surface area (Å²) in [5, 5.41) is 8.61. The molecule has 0 aliphatic carbocycles. The Morgan fingerprint density at radius 2 is 1.50 bits per heavy atom.